The fourth-order valence-electron chi connectivity index (χ4n) is 3.04. The zero-order valence-corrected chi connectivity index (χ0v) is 12.8. The van der Waals surface area contributed by atoms with Gasteiger partial charge in [-0.1, -0.05) is 0 Å². The van der Waals surface area contributed by atoms with Gasteiger partial charge in [0.2, 0.25) is 6.79 Å². The van der Waals surface area contributed by atoms with E-state index in [0.717, 1.165) is 36.3 Å². The van der Waals surface area contributed by atoms with Crippen molar-refractivity contribution in [3.8, 4) is 11.5 Å². The first kappa shape index (κ1) is 14.0. The van der Waals surface area contributed by atoms with Crippen LogP contribution >= 0.6 is 0 Å². The second-order valence-corrected chi connectivity index (χ2v) is 5.87. The van der Waals surface area contributed by atoms with Crippen molar-refractivity contribution in [3.63, 3.8) is 0 Å². The largest absolute Gasteiger partial charge is 0.454 e. The first-order chi connectivity index (χ1) is 11.2. The van der Waals surface area contributed by atoms with E-state index in [0.29, 0.717) is 17.1 Å². The second-order valence-electron chi connectivity index (χ2n) is 5.87. The number of benzene rings is 1. The van der Waals surface area contributed by atoms with Gasteiger partial charge >= 0.3 is 0 Å². The molecule has 6 heteroatoms. The predicted octanol–water partition coefficient (Wildman–Crippen LogP) is 1.80. The maximum Gasteiger partial charge on any atom is 0.251 e. The van der Waals surface area contributed by atoms with Crippen molar-refractivity contribution >= 4 is 5.91 Å². The molecule has 6 nitrogen and oxygen atoms in total. The number of rotatable bonds is 2. The van der Waals surface area contributed by atoms with Crippen LogP contribution in [0.1, 0.15) is 33.9 Å². The molecular formula is C17H17N3O3. The molecule has 1 aliphatic carbocycles. The Bertz CT molecular complexity index is 776. The van der Waals surface area contributed by atoms with Gasteiger partial charge in [-0.15, -0.1) is 0 Å². The van der Waals surface area contributed by atoms with E-state index in [1.54, 1.807) is 18.2 Å². The lowest BCUT2D eigenvalue weighted by Crippen LogP contribution is -2.39. The number of nitrogens with one attached hydrogen (secondary N) is 1. The molecule has 0 spiro atoms. The summed E-state index contributed by atoms with van der Waals surface area (Å²) < 4.78 is 10.6. The van der Waals surface area contributed by atoms with Crippen LogP contribution in [-0.4, -0.2) is 28.7 Å². The highest BCUT2D eigenvalue weighted by Gasteiger charge is 2.23. The van der Waals surface area contributed by atoms with Gasteiger partial charge < -0.3 is 14.8 Å². The van der Waals surface area contributed by atoms with Crippen LogP contribution in [0.3, 0.4) is 0 Å². The van der Waals surface area contributed by atoms with Crippen molar-refractivity contribution < 1.29 is 14.3 Å². The maximum atomic E-state index is 12.4. The summed E-state index contributed by atoms with van der Waals surface area (Å²) in [6.45, 7) is 2.10. The minimum Gasteiger partial charge on any atom is -0.454 e. The third-order valence-electron chi connectivity index (χ3n) is 4.24. The highest BCUT2D eigenvalue weighted by Crippen LogP contribution is 2.32. The minimum absolute atomic E-state index is 0.0928. The molecule has 0 saturated carbocycles. The predicted molar refractivity (Wildman–Crippen MR) is 82.6 cm³/mol. The minimum atomic E-state index is -0.0928. The van der Waals surface area contributed by atoms with Gasteiger partial charge in [-0.05, 0) is 49.9 Å². The number of hydrogen-bond donors (Lipinski definition) is 1. The van der Waals surface area contributed by atoms with E-state index in [-0.39, 0.29) is 18.7 Å². The number of carbonyl (C=O) groups is 1. The van der Waals surface area contributed by atoms with Gasteiger partial charge in [-0.3, -0.25) is 4.79 Å². The molecule has 0 radical (unpaired) electrons. The molecule has 0 bridgehead atoms. The summed E-state index contributed by atoms with van der Waals surface area (Å²) in [6.07, 6.45) is 4.40. The summed E-state index contributed by atoms with van der Waals surface area (Å²) in [5, 5.41) is 3.09. The number of aromatic nitrogens is 2. The fourth-order valence-corrected chi connectivity index (χ4v) is 3.04. The van der Waals surface area contributed by atoms with Gasteiger partial charge in [0.1, 0.15) is 5.82 Å². The number of carbonyl (C=O) groups excluding carboxylic acids is 1. The number of hydrogen-bond acceptors (Lipinski definition) is 5. The molecule has 1 aromatic carbocycles. The molecule has 1 atom stereocenters. The van der Waals surface area contributed by atoms with Crippen LogP contribution in [-0.2, 0) is 12.8 Å². The Labute approximate surface area is 133 Å². The average molecular weight is 311 g/mol. The molecule has 1 N–H and O–H groups in total. The van der Waals surface area contributed by atoms with Crippen LogP contribution in [0.4, 0.5) is 0 Å². The molecule has 1 amide bonds. The summed E-state index contributed by atoms with van der Waals surface area (Å²) in [5.74, 6) is 2.01. The molecule has 0 fully saturated rings. The van der Waals surface area contributed by atoms with Gasteiger partial charge in [0.25, 0.3) is 5.91 Å². The van der Waals surface area contributed by atoms with Crippen LogP contribution in [0.5, 0.6) is 11.5 Å². The summed E-state index contributed by atoms with van der Waals surface area (Å²) in [7, 11) is 0. The fraction of sp³-hybridized carbons (Fsp3) is 0.353. The van der Waals surface area contributed by atoms with Crippen molar-refractivity contribution in [1.29, 1.82) is 0 Å². The normalized spacial score (nSPS) is 18.4. The molecule has 23 heavy (non-hydrogen) atoms. The van der Waals surface area contributed by atoms with Gasteiger partial charge in [-0.25, -0.2) is 9.97 Å². The molecule has 2 aromatic rings. The molecule has 1 unspecified atom stereocenters. The van der Waals surface area contributed by atoms with E-state index in [1.165, 1.54) is 0 Å². The molecule has 0 saturated heterocycles. The van der Waals surface area contributed by atoms with E-state index in [4.69, 9.17) is 9.47 Å². The summed E-state index contributed by atoms with van der Waals surface area (Å²) >= 11 is 0. The van der Waals surface area contributed by atoms with Crippen molar-refractivity contribution in [2.45, 2.75) is 32.2 Å². The van der Waals surface area contributed by atoms with Crippen LogP contribution in [0.2, 0.25) is 0 Å². The van der Waals surface area contributed by atoms with Crippen LogP contribution in [0.25, 0.3) is 0 Å². The Morgan fingerprint density at radius 1 is 1.30 bits per heavy atom. The van der Waals surface area contributed by atoms with Crippen molar-refractivity contribution in [2.24, 2.45) is 0 Å². The van der Waals surface area contributed by atoms with Gasteiger partial charge in [0.05, 0.1) is 0 Å². The summed E-state index contributed by atoms with van der Waals surface area (Å²) in [5.41, 5.74) is 2.81. The lowest BCUT2D eigenvalue weighted by atomic mass is 9.92. The topological polar surface area (TPSA) is 73.3 Å². The Kier molecular flexibility index (Phi) is 3.37. The number of aryl methyl sites for hydroxylation is 2. The van der Waals surface area contributed by atoms with Crippen LogP contribution < -0.4 is 14.8 Å². The zero-order valence-electron chi connectivity index (χ0n) is 12.8. The van der Waals surface area contributed by atoms with E-state index in [1.807, 2.05) is 13.1 Å². The second kappa shape index (κ2) is 5.53. The Morgan fingerprint density at radius 3 is 3.09 bits per heavy atom. The molecule has 1 aromatic heterocycles. The first-order valence-corrected chi connectivity index (χ1v) is 7.71. The SMILES string of the molecule is Cc1ncc2c(n1)CCC(NC(=O)c1ccc3c(c1)OCO3)C2. The van der Waals surface area contributed by atoms with Gasteiger partial charge in [-0.2, -0.15) is 0 Å². The molecule has 2 heterocycles. The van der Waals surface area contributed by atoms with E-state index in [9.17, 15) is 4.79 Å². The van der Waals surface area contributed by atoms with Crippen molar-refractivity contribution in [3.05, 3.63) is 47.0 Å². The van der Waals surface area contributed by atoms with Crippen LogP contribution in [0, 0.1) is 6.92 Å². The quantitative estimate of drug-likeness (QED) is 0.915. The number of fused-ring (bicyclic) bond motifs is 2. The third-order valence-corrected chi connectivity index (χ3v) is 4.24. The number of ether oxygens (including phenoxy) is 2. The molecule has 1 aliphatic heterocycles. The maximum absolute atomic E-state index is 12.4. The molecular weight excluding hydrogens is 294 g/mol. The molecule has 4 rings (SSSR count). The first-order valence-electron chi connectivity index (χ1n) is 7.71. The van der Waals surface area contributed by atoms with Crippen LogP contribution in [0.15, 0.2) is 24.4 Å². The Balaban J connectivity index is 1.46. The third kappa shape index (κ3) is 2.72. The smallest absolute Gasteiger partial charge is 0.251 e. The average Bonchev–Trinajstić information content (AvgIpc) is 3.02. The van der Waals surface area contributed by atoms with E-state index >= 15 is 0 Å². The number of nitrogens with zero attached hydrogens (tertiary/aromatic N) is 2. The molecule has 2 aliphatic rings. The molecule has 118 valence electrons. The lowest BCUT2D eigenvalue weighted by molar-refractivity contribution is 0.0933. The highest BCUT2D eigenvalue weighted by molar-refractivity contribution is 5.95. The van der Waals surface area contributed by atoms with Gasteiger partial charge in [0.15, 0.2) is 11.5 Å². The van der Waals surface area contributed by atoms with Gasteiger partial charge in [0, 0.05) is 23.5 Å². The Hall–Kier alpha value is -2.63. The Morgan fingerprint density at radius 2 is 2.17 bits per heavy atom. The highest BCUT2D eigenvalue weighted by atomic mass is 16.7. The standard InChI is InChI=1S/C17H17N3O3/c1-10-18-8-12-6-13(3-4-14(12)19-10)20-17(21)11-2-5-15-16(7-11)23-9-22-15/h2,5,7-8,13H,3-4,6,9H2,1H3,(H,20,21). The van der Waals surface area contributed by atoms with E-state index < -0.39 is 0 Å². The zero-order chi connectivity index (χ0) is 15.8. The van der Waals surface area contributed by atoms with Crippen molar-refractivity contribution in [2.75, 3.05) is 6.79 Å². The van der Waals surface area contributed by atoms with E-state index in [2.05, 4.69) is 15.3 Å². The number of amides is 1. The summed E-state index contributed by atoms with van der Waals surface area (Å²) in [4.78, 5) is 21.2. The van der Waals surface area contributed by atoms with Crippen molar-refractivity contribution in [1.82, 2.24) is 15.3 Å². The monoisotopic (exact) mass is 311 g/mol. The lowest BCUT2D eigenvalue weighted by Gasteiger charge is -2.24. The summed E-state index contributed by atoms with van der Waals surface area (Å²) in [6, 6.07) is 5.35.